The van der Waals surface area contributed by atoms with Gasteiger partial charge in [-0.25, -0.2) is 14.4 Å². The summed E-state index contributed by atoms with van der Waals surface area (Å²) in [6.45, 7) is 2.36. The third kappa shape index (κ3) is 3.78. The highest BCUT2D eigenvalue weighted by Gasteiger charge is 2.20. The maximum absolute atomic E-state index is 13.2. The van der Waals surface area contributed by atoms with Crippen LogP contribution in [-0.4, -0.2) is 14.5 Å². The van der Waals surface area contributed by atoms with E-state index >= 15 is 0 Å². The summed E-state index contributed by atoms with van der Waals surface area (Å²) >= 11 is 12.8. The Hall–Kier alpha value is -2.70. The van der Waals surface area contributed by atoms with Crippen LogP contribution in [0.4, 0.5) is 16.0 Å². The summed E-state index contributed by atoms with van der Waals surface area (Å²) in [4.78, 5) is 21.6. The molecule has 1 N–H and O–H groups in total. The molecule has 3 aromatic heterocycles. The Morgan fingerprint density at radius 2 is 1.97 bits per heavy atom. The van der Waals surface area contributed by atoms with Gasteiger partial charge in [-0.3, -0.25) is 4.79 Å². The molecule has 148 valence electrons. The van der Waals surface area contributed by atoms with Crippen LogP contribution in [-0.2, 0) is 6.54 Å². The Morgan fingerprint density at radius 3 is 2.66 bits per heavy atom. The fraction of sp³-hybridized carbons (Fsp3) is 0.190. The average Bonchev–Trinajstić information content (AvgIpc) is 2.70. The van der Waals surface area contributed by atoms with Crippen molar-refractivity contribution in [2.45, 2.75) is 26.3 Å². The molecular formula is C21H17Cl2FN4O. The molecule has 0 fully saturated rings. The molecule has 0 radical (unpaired) electrons. The molecular weight excluding hydrogens is 414 g/mol. The summed E-state index contributed by atoms with van der Waals surface area (Å²) in [5, 5.41) is 4.89. The van der Waals surface area contributed by atoms with Gasteiger partial charge in [0.15, 0.2) is 0 Å². The monoisotopic (exact) mass is 430 g/mol. The summed E-state index contributed by atoms with van der Waals surface area (Å²) in [6, 6.07) is 6.37. The van der Waals surface area contributed by atoms with Crippen molar-refractivity contribution in [3.63, 3.8) is 0 Å². The average molecular weight is 431 g/mol. The van der Waals surface area contributed by atoms with Crippen LogP contribution in [0.25, 0.3) is 16.5 Å². The minimum Gasteiger partial charge on any atom is -0.325 e. The van der Waals surface area contributed by atoms with Crippen molar-refractivity contribution in [2.24, 2.45) is 0 Å². The highest BCUT2D eigenvalue weighted by atomic mass is 35.5. The first kappa shape index (κ1) is 19.6. The molecule has 8 heteroatoms. The van der Waals surface area contributed by atoms with Crippen molar-refractivity contribution in [2.75, 3.05) is 5.32 Å². The zero-order valence-corrected chi connectivity index (χ0v) is 17.1. The van der Waals surface area contributed by atoms with Crippen LogP contribution in [0.2, 0.25) is 0 Å². The van der Waals surface area contributed by atoms with Gasteiger partial charge in [0, 0.05) is 39.8 Å². The maximum atomic E-state index is 13.2. The topological polar surface area (TPSA) is 59.8 Å². The first-order chi connectivity index (χ1) is 14.0. The van der Waals surface area contributed by atoms with Crippen LogP contribution in [0, 0.1) is 5.82 Å². The second-order valence-electron chi connectivity index (χ2n) is 6.59. The number of anilines is 2. The molecule has 0 amide bonds. The van der Waals surface area contributed by atoms with Crippen LogP contribution in [0.1, 0.15) is 25.3 Å². The van der Waals surface area contributed by atoms with Gasteiger partial charge in [0.2, 0.25) is 0 Å². The van der Waals surface area contributed by atoms with E-state index in [0.717, 1.165) is 18.0 Å². The van der Waals surface area contributed by atoms with E-state index in [4.69, 9.17) is 23.2 Å². The van der Waals surface area contributed by atoms with E-state index in [1.165, 1.54) is 12.1 Å². The van der Waals surface area contributed by atoms with Crippen LogP contribution in [0.15, 0.2) is 57.6 Å². The van der Waals surface area contributed by atoms with E-state index < -0.39 is 5.82 Å². The van der Waals surface area contributed by atoms with Gasteiger partial charge in [-0.15, -0.1) is 0 Å². The Labute approximate surface area is 176 Å². The first-order valence-corrected chi connectivity index (χ1v) is 9.90. The highest BCUT2D eigenvalue weighted by Crippen LogP contribution is 2.37. The molecule has 0 aliphatic heterocycles. The van der Waals surface area contributed by atoms with Crippen molar-refractivity contribution >= 4 is 51.3 Å². The minimum atomic E-state index is -0.419. The largest absolute Gasteiger partial charge is 0.325 e. The minimum absolute atomic E-state index is 0.168. The summed E-state index contributed by atoms with van der Waals surface area (Å²) in [5.41, 5.74) is 1.60. The Kier molecular flexibility index (Phi) is 5.39. The van der Waals surface area contributed by atoms with Gasteiger partial charge in [-0.1, -0.05) is 29.3 Å². The molecule has 0 bridgehead atoms. The number of allylic oxidation sites excluding steroid dienone is 4. The van der Waals surface area contributed by atoms with Gasteiger partial charge in [0.05, 0.1) is 17.3 Å². The fourth-order valence-corrected chi connectivity index (χ4v) is 4.06. The van der Waals surface area contributed by atoms with E-state index in [1.807, 2.05) is 13.0 Å². The molecule has 3 aromatic rings. The van der Waals surface area contributed by atoms with Crippen molar-refractivity contribution < 1.29 is 4.39 Å². The normalized spacial score (nSPS) is 14.3. The number of aryl methyl sites for hydroxylation is 1. The summed E-state index contributed by atoms with van der Waals surface area (Å²) < 4.78 is 14.7. The molecule has 0 unspecified atom stereocenters. The molecule has 29 heavy (non-hydrogen) atoms. The van der Waals surface area contributed by atoms with E-state index in [1.54, 1.807) is 22.9 Å². The highest BCUT2D eigenvalue weighted by molar-refractivity contribution is 6.42. The van der Waals surface area contributed by atoms with Crippen molar-refractivity contribution in [1.82, 2.24) is 14.5 Å². The number of hydrogen-bond acceptors (Lipinski definition) is 4. The Balaban J connectivity index is 1.83. The van der Waals surface area contributed by atoms with E-state index in [2.05, 4.69) is 15.3 Å². The first-order valence-electron chi connectivity index (χ1n) is 9.15. The smallest absolute Gasteiger partial charge is 0.259 e. The lowest BCUT2D eigenvalue weighted by Crippen LogP contribution is -2.24. The standard InChI is InChI=1S/C21H17Cl2FN4O/c1-2-28-17-9-19(27-18-7-6-13(24)11-26-18)25-10-12(17)8-14(21(28)29)20-15(22)4-3-5-16(20)23/h4,6-11H,2-3,5H2,1H3,(H,25,26,27). The molecule has 0 aromatic carbocycles. The number of nitrogens with zero attached hydrogens (tertiary/aromatic N) is 3. The molecule has 1 aliphatic rings. The number of aromatic nitrogens is 3. The van der Waals surface area contributed by atoms with Crippen molar-refractivity contribution in [1.29, 1.82) is 0 Å². The number of hydrogen-bond donors (Lipinski definition) is 1. The maximum Gasteiger partial charge on any atom is 0.259 e. The van der Waals surface area contributed by atoms with Gasteiger partial charge in [-0.05, 0) is 38.0 Å². The number of rotatable bonds is 4. The summed E-state index contributed by atoms with van der Waals surface area (Å²) in [5.74, 6) is 0.535. The van der Waals surface area contributed by atoms with Crippen molar-refractivity contribution in [3.05, 3.63) is 74.5 Å². The van der Waals surface area contributed by atoms with E-state index in [0.29, 0.717) is 51.3 Å². The van der Waals surface area contributed by atoms with Crippen LogP contribution in [0.3, 0.4) is 0 Å². The summed E-state index contributed by atoms with van der Waals surface area (Å²) in [6.07, 6.45) is 6.08. The molecule has 4 rings (SSSR count). The SMILES string of the molecule is CCn1c(=O)c(C2=C(Cl)CCC=C2Cl)cc2cnc(Nc3ccc(F)cn3)cc21. The lowest BCUT2D eigenvalue weighted by atomic mass is 9.99. The lowest BCUT2D eigenvalue weighted by molar-refractivity contribution is 0.622. The zero-order valence-electron chi connectivity index (χ0n) is 15.5. The zero-order chi connectivity index (χ0) is 20.5. The molecule has 5 nitrogen and oxygen atoms in total. The fourth-order valence-electron chi connectivity index (χ4n) is 3.37. The number of halogens is 3. The molecule has 0 saturated heterocycles. The van der Waals surface area contributed by atoms with Gasteiger partial charge in [0.25, 0.3) is 5.56 Å². The van der Waals surface area contributed by atoms with E-state index in [-0.39, 0.29) is 5.56 Å². The second kappa shape index (κ2) is 7.97. The third-order valence-electron chi connectivity index (χ3n) is 4.74. The third-order valence-corrected chi connectivity index (χ3v) is 5.47. The van der Waals surface area contributed by atoms with Crippen LogP contribution >= 0.6 is 23.2 Å². The van der Waals surface area contributed by atoms with Crippen LogP contribution in [0.5, 0.6) is 0 Å². The van der Waals surface area contributed by atoms with Crippen LogP contribution < -0.4 is 10.9 Å². The summed E-state index contributed by atoms with van der Waals surface area (Å²) in [7, 11) is 0. The molecule has 3 heterocycles. The van der Waals surface area contributed by atoms with Gasteiger partial charge in [-0.2, -0.15) is 0 Å². The Bertz CT molecular complexity index is 1220. The molecule has 0 spiro atoms. The Morgan fingerprint density at radius 1 is 1.17 bits per heavy atom. The quantitative estimate of drug-likeness (QED) is 0.588. The second-order valence-corrected chi connectivity index (χ2v) is 7.46. The number of fused-ring (bicyclic) bond motifs is 1. The van der Waals surface area contributed by atoms with Gasteiger partial charge >= 0.3 is 0 Å². The molecule has 1 aliphatic carbocycles. The lowest BCUT2D eigenvalue weighted by Gasteiger charge is -2.17. The van der Waals surface area contributed by atoms with Crippen molar-refractivity contribution in [3.8, 4) is 0 Å². The van der Waals surface area contributed by atoms with E-state index in [9.17, 15) is 9.18 Å². The number of pyridine rings is 3. The number of nitrogens with one attached hydrogen (secondary N) is 1. The molecule has 0 saturated carbocycles. The molecule has 0 atom stereocenters. The van der Waals surface area contributed by atoms with Gasteiger partial charge in [0.1, 0.15) is 17.5 Å². The predicted octanol–water partition coefficient (Wildman–Crippen LogP) is 5.56. The van der Waals surface area contributed by atoms with Gasteiger partial charge < -0.3 is 9.88 Å². The predicted molar refractivity (Wildman–Crippen MR) is 115 cm³/mol.